The van der Waals surface area contributed by atoms with E-state index in [1.54, 1.807) is 0 Å². The Hall–Kier alpha value is -1.52. The fourth-order valence-electron chi connectivity index (χ4n) is 1.59. The van der Waals surface area contributed by atoms with Gasteiger partial charge in [0.15, 0.2) is 0 Å². The minimum absolute atomic E-state index is 0.0331. The van der Waals surface area contributed by atoms with Gasteiger partial charge in [0.25, 0.3) is 0 Å². The van der Waals surface area contributed by atoms with Crippen molar-refractivity contribution in [3.05, 3.63) is 52.2 Å². The number of benzene rings is 1. The number of ether oxygens (including phenoxy) is 1. The molecule has 0 atom stereocenters. The minimum Gasteiger partial charge on any atom is -0.486 e. The van der Waals surface area contributed by atoms with Gasteiger partial charge in [-0.1, -0.05) is 11.6 Å². The highest BCUT2D eigenvalue weighted by Gasteiger charge is 2.07. The summed E-state index contributed by atoms with van der Waals surface area (Å²) >= 11 is 5.65. The molecule has 0 spiro atoms. The highest BCUT2D eigenvalue weighted by molar-refractivity contribution is 6.30. The third-order valence-corrected chi connectivity index (χ3v) is 2.82. The minimum atomic E-state index is -0.469. The van der Waals surface area contributed by atoms with Crippen LogP contribution in [0.2, 0.25) is 5.02 Å². The summed E-state index contributed by atoms with van der Waals surface area (Å²) in [4.78, 5) is 0. The molecule has 0 bridgehead atoms. The lowest BCUT2D eigenvalue weighted by molar-refractivity contribution is 0.266. The van der Waals surface area contributed by atoms with Crippen LogP contribution in [0.4, 0.5) is 4.39 Å². The molecule has 18 heavy (non-hydrogen) atoms. The third kappa shape index (κ3) is 2.83. The second-order valence-corrected chi connectivity index (χ2v) is 4.29. The normalized spacial score (nSPS) is 10.7. The predicted octanol–water partition coefficient (Wildman–Crippen LogP) is 3.42. The van der Waals surface area contributed by atoms with Crippen molar-refractivity contribution in [2.24, 2.45) is 5.73 Å². The zero-order valence-electron chi connectivity index (χ0n) is 9.87. The monoisotopic (exact) mass is 269 g/mol. The average Bonchev–Trinajstić information content (AvgIpc) is 2.71. The summed E-state index contributed by atoms with van der Waals surface area (Å²) in [5.74, 6) is 1.44. The SMILES string of the molecule is Cc1cc(COc2ccc(F)c(Cl)c2)oc1CN. The van der Waals surface area contributed by atoms with E-state index in [1.165, 1.54) is 18.2 Å². The van der Waals surface area contributed by atoms with Crippen molar-refractivity contribution in [3.8, 4) is 5.75 Å². The van der Waals surface area contributed by atoms with Crippen LogP contribution in [-0.4, -0.2) is 0 Å². The Morgan fingerprint density at radius 2 is 2.17 bits per heavy atom. The standard InChI is InChI=1S/C13H13ClFNO2/c1-8-4-10(18-13(8)6-16)7-17-9-2-3-12(15)11(14)5-9/h2-5H,6-7,16H2,1H3. The van der Waals surface area contributed by atoms with Crippen LogP contribution in [0.25, 0.3) is 0 Å². The van der Waals surface area contributed by atoms with Crippen molar-refractivity contribution in [2.45, 2.75) is 20.1 Å². The second kappa shape index (κ2) is 5.42. The lowest BCUT2D eigenvalue weighted by Crippen LogP contribution is -1.96. The van der Waals surface area contributed by atoms with Gasteiger partial charge in [-0.3, -0.25) is 0 Å². The number of nitrogens with two attached hydrogens (primary N) is 1. The van der Waals surface area contributed by atoms with Gasteiger partial charge in [-0.25, -0.2) is 4.39 Å². The van der Waals surface area contributed by atoms with Crippen LogP contribution in [0, 0.1) is 12.7 Å². The van der Waals surface area contributed by atoms with E-state index in [0.717, 1.165) is 11.3 Å². The van der Waals surface area contributed by atoms with E-state index in [9.17, 15) is 4.39 Å². The Morgan fingerprint density at radius 3 is 2.78 bits per heavy atom. The average molecular weight is 270 g/mol. The first kappa shape index (κ1) is 12.9. The lowest BCUT2D eigenvalue weighted by atomic mass is 10.2. The highest BCUT2D eigenvalue weighted by Crippen LogP contribution is 2.22. The van der Waals surface area contributed by atoms with Crippen molar-refractivity contribution in [3.63, 3.8) is 0 Å². The fourth-order valence-corrected chi connectivity index (χ4v) is 1.76. The molecule has 2 N–H and O–H groups in total. The van der Waals surface area contributed by atoms with Crippen LogP contribution in [0.5, 0.6) is 5.75 Å². The quantitative estimate of drug-likeness (QED) is 0.925. The zero-order valence-corrected chi connectivity index (χ0v) is 10.6. The van der Waals surface area contributed by atoms with E-state index in [0.29, 0.717) is 18.1 Å². The van der Waals surface area contributed by atoms with E-state index in [1.807, 2.05) is 13.0 Å². The molecule has 1 aromatic heterocycles. The maximum atomic E-state index is 12.9. The summed E-state index contributed by atoms with van der Waals surface area (Å²) < 4.78 is 23.9. The summed E-state index contributed by atoms with van der Waals surface area (Å²) in [6, 6.07) is 6.07. The summed E-state index contributed by atoms with van der Waals surface area (Å²) in [5.41, 5.74) is 6.51. The second-order valence-electron chi connectivity index (χ2n) is 3.89. The molecule has 0 amide bonds. The molecule has 0 fully saturated rings. The van der Waals surface area contributed by atoms with Crippen LogP contribution in [0.1, 0.15) is 17.1 Å². The molecule has 0 saturated carbocycles. The first-order valence-electron chi connectivity index (χ1n) is 5.46. The molecule has 0 saturated heterocycles. The van der Waals surface area contributed by atoms with Gasteiger partial charge in [-0.15, -0.1) is 0 Å². The van der Waals surface area contributed by atoms with Gasteiger partial charge in [-0.2, -0.15) is 0 Å². The van der Waals surface area contributed by atoms with Gasteiger partial charge in [0.1, 0.15) is 29.7 Å². The van der Waals surface area contributed by atoms with Gasteiger partial charge < -0.3 is 14.9 Å². The van der Waals surface area contributed by atoms with E-state index >= 15 is 0 Å². The molecule has 1 heterocycles. The Kier molecular flexibility index (Phi) is 3.89. The number of hydrogen-bond donors (Lipinski definition) is 1. The molecular formula is C13H13ClFNO2. The number of halogens is 2. The molecular weight excluding hydrogens is 257 g/mol. The van der Waals surface area contributed by atoms with Gasteiger partial charge in [0.2, 0.25) is 0 Å². The molecule has 96 valence electrons. The Balaban J connectivity index is 2.04. The van der Waals surface area contributed by atoms with E-state index in [4.69, 9.17) is 26.5 Å². The van der Waals surface area contributed by atoms with Gasteiger partial charge in [-0.05, 0) is 30.7 Å². The number of hydrogen-bond acceptors (Lipinski definition) is 3. The molecule has 2 rings (SSSR count). The van der Waals surface area contributed by atoms with E-state index in [2.05, 4.69) is 0 Å². The van der Waals surface area contributed by atoms with Gasteiger partial charge in [0.05, 0.1) is 11.6 Å². The van der Waals surface area contributed by atoms with E-state index < -0.39 is 5.82 Å². The van der Waals surface area contributed by atoms with Crippen molar-refractivity contribution in [1.29, 1.82) is 0 Å². The molecule has 1 aromatic carbocycles. The molecule has 0 aliphatic heterocycles. The summed E-state index contributed by atoms with van der Waals surface area (Å²) in [6.45, 7) is 2.53. The van der Waals surface area contributed by atoms with Crippen molar-refractivity contribution >= 4 is 11.6 Å². The Bertz CT molecular complexity index is 554. The van der Waals surface area contributed by atoms with Gasteiger partial charge in [0, 0.05) is 6.07 Å². The van der Waals surface area contributed by atoms with Crippen LogP contribution in [0.15, 0.2) is 28.7 Å². The van der Waals surface area contributed by atoms with Crippen molar-refractivity contribution in [2.75, 3.05) is 0 Å². The summed E-state index contributed by atoms with van der Waals surface area (Å²) in [6.07, 6.45) is 0. The predicted molar refractivity (Wildman–Crippen MR) is 67.1 cm³/mol. The first-order valence-corrected chi connectivity index (χ1v) is 5.84. The Morgan fingerprint density at radius 1 is 1.39 bits per heavy atom. The molecule has 0 radical (unpaired) electrons. The first-order chi connectivity index (χ1) is 8.60. The molecule has 0 unspecified atom stereocenters. The maximum absolute atomic E-state index is 12.9. The van der Waals surface area contributed by atoms with E-state index in [-0.39, 0.29) is 11.6 Å². The van der Waals surface area contributed by atoms with Crippen molar-refractivity contribution in [1.82, 2.24) is 0 Å². The number of aryl methyl sites for hydroxylation is 1. The number of furan rings is 1. The highest BCUT2D eigenvalue weighted by atomic mass is 35.5. The molecule has 3 nitrogen and oxygen atoms in total. The topological polar surface area (TPSA) is 48.4 Å². The molecule has 0 aliphatic rings. The maximum Gasteiger partial charge on any atom is 0.146 e. The van der Waals surface area contributed by atoms with Crippen molar-refractivity contribution < 1.29 is 13.5 Å². The lowest BCUT2D eigenvalue weighted by Gasteiger charge is -2.04. The summed E-state index contributed by atoms with van der Waals surface area (Å²) in [7, 11) is 0. The fraction of sp³-hybridized carbons (Fsp3) is 0.231. The van der Waals surface area contributed by atoms with Crippen LogP contribution >= 0.6 is 11.6 Å². The smallest absolute Gasteiger partial charge is 0.146 e. The summed E-state index contributed by atoms with van der Waals surface area (Å²) in [5, 5.41) is 0.0331. The largest absolute Gasteiger partial charge is 0.486 e. The Labute approximate surface area is 109 Å². The van der Waals surface area contributed by atoms with Crippen LogP contribution in [0.3, 0.4) is 0 Å². The zero-order chi connectivity index (χ0) is 13.1. The molecule has 0 aliphatic carbocycles. The molecule has 5 heteroatoms. The van der Waals surface area contributed by atoms with Gasteiger partial charge >= 0.3 is 0 Å². The van der Waals surface area contributed by atoms with Crippen LogP contribution in [-0.2, 0) is 13.2 Å². The third-order valence-electron chi connectivity index (χ3n) is 2.53. The number of rotatable bonds is 4. The molecule has 2 aromatic rings. The van der Waals surface area contributed by atoms with Crippen LogP contribution < -0.4 is 10.5 Å².